The minimum atomic E-state index is -0.105. The van der Waals surface area contributed by atoms with E-state index >= 15 is 0 Å². The largest absolute Gasteiger partial charge is 0.469 e. The number of hydrogen-bond acceptors (Lipinski definition) is 3. The van der Waals surface area contributed by atoms with Crippen LogP contribution in [0, 0.1) is 40.4 Å². The molecule has 4 aliphatic carbocycles. The molecule has 3 nitrogen and oxygen atoms in total. The summed E-state index contributed by atoms with van der Waals surface area (Å²) in [6.45, 7) is 6.58. The molecule has 0 aliphatic heterocycles. The fourth-order valence-corrected chi connectivity index (χ4v) is 7.16. The number of ether oxygens (including phenoxy) is 1. The second-order valence-electron chi connectivity index (χ2n) is 9.64. The smallest absolute Gasteiger partial charge is 0.312 e. The quantitative estimate of drug-likeness (QED) is 0.673. The van der Waals surface area contributed by atoms with Gasteiger partial charge in [-0.25, -0.2) is 0 Å². The number of rotatable bonds is 2. The number of ketones is 1. The predicted molar refractivity (Wildman–Crippen MR) is 101 cm³/mol. The molecule has 0 bridgehead atoms. The molecule has 0 spiro atoms. The summed E-state index contributed by atoms with van der Waals surface area (Å²) in [5, 5.41) is 0. The van der Waals surface area contributed by atoms with Crippen LogP contribution in [0.15, 0.2) is 23.8 Å². The molecule has 0 N–H and O–H groups in total. The number of carbonyl (C=O) groups is 2. The SMILES string of the molecule is COC(=O)C1C=C2C=CC3C4CCC(C(C)=O)[C@@]4(C)CCC3[C@@]2(C)CC1. The second kappa shape index (κ2) is 6.07. The van der Waals surface area contributed by atoms with Crippen molar-refractivity contribution in [1.82, 2.24) is 0 Å². The first kappa shape index (κ1) is 18.0. The van der Waals surface area contributed by atoms with Gasteiger partial charge >= 0.3 is 5.97 Å². The van der Waals surface area contributed by atoms with Crippen molar-refractivity contribution >= 4 is 11.8 Å². The maximum absolute atomic E-state index is 12.2. The molecule has 2 saturated carbocycles. The van der Waals surface area contributed by atoms with Gasteiger partial charge in [0.1, 0.15) is 5.78 Å². The molecule has 0 heterocycles. The average molecular weight is 357 g/mol. The number of fused-ring (bicyclic) bond motifs is 5. The van der Waals surface area contributed by atoms with E-state index in [1.807, 2.05) is 0 Å². The highest BCUT2D eigenvalue weighted by Crippen LogP contribution is 2.65. The van der Waals surface area contributed by atoms with E-state index in [1.54, 1.807) is 6.92 Å². The van der Waals surface area contributed by atoms with E-state index in [4.69, 9.17) is 4.74 Å². The van der Waals surface area contributed by atoms with Crippen molar-refractivity contribution in [2.75, 3.05) is 7.11 Å². The Bertz CT molecular complexity index is 690. The Balaban J connectivity index is 1.67. The van der Waals surface area contributed by atoms with Crippen LogP contribution in [0.2, 0.25) is 0 Å². The van der Waals surface area contributed by atoms with Gasteiger partial charge in [0.2, 0.25) is 0 Å². The highest BCUT2D eigenvalue weighted by molar-refractivity contribution is 5.79. The summed E-state index contributed by atoms with van der Waals surface area (Å²) in [5.41, 5.74) is 1.68. The van der Waals surface area contributed by atoms with Gasteiger partial charge in [-0.2, -0.15) is 0 Å². The average Bonchev–Trinajstić information content (AvgIpc) is 2.97. The molecular formula is C23H32O3. The van der Waals surface area contributed by atoms with Crippen LogP contribution in [0.3, 0.4) is 0 Å². The third-order valence-electron chi connectivity index (χ3n) is 8.66. The Hall–Kier alpha value is -1.38. The predicted octanol–water partition coefficient (Wildman–Crippen LogP) is 4.72. The first-order chi connectivity index (χ1) is 12.3. The molecule has 4 aliphatic rings. The molecule has 0 aromatic rings. The molecule has 0 aromatic carbocycles. The van der Waals surface area contributed by atoms with Crippen LogP contribution in [-0.4, -0.2) is 18.9 Å². The molecular weight excluding hydrogens is 324 g/mol. The fourth-order valence-electron chi connectivity index (χ4n) is 7.16. The molecule has 142 valence electrons. The number of esters is 1. The Kier molecular flexibility index (Phi) is 4.20. The molecule has 0 saturated heterocycles. The van der Waals surface area contributed by atoms with Gasteiger partial charge in [-0.1, -0.05) is 32.1 Å². The summed E-state index contributed by atoms with van der Waals surface area (Å²) >= 11 is 0. The lowest BCUT2D eigenvalue weighted by Gasteiger charge is -2.56. The monoisotopic (exact) mass is 356 g/mol. The zero-order chi connectivity index (χ0) is 18.7. The van der Waals surface area contributed by atoms with Crippen LogP contribution in [-0.2, 0) is 14.3 Å². The lowest BCUT2D eigenvalue weighted by atomic mass is 9.48. The van der Waals surface area contributed by atoms with E-state index < -0.39 is 0 Å². The number of Topliss-reactive ketones (excluding diaryl/α,β-unsaturated/α-hetero) is 1. The summed E-state index contributed by atoms with van der Waals surface area (Å²) in [6, 6.07) is 0. The fraction of sp³-hybridized carbons (Fsp3) is 0.739. The summed E-state index contributed by atoms with van der Waals surface area (Å²) < 4.78 is 4.97. The van der Waals surface area contributed by atoms with Gasteiger partial charge in [-0.3, -0.25) is 9.59 Å². The summed E-state index contributed by atoms with van der Waals surface area (Å²) in [6.07, 6.45) is 13.5. The Morgan fingerprint density at radius 3 is 2.54 bits per heavy atom. The highest BCUT2D eigenvalue weighted by Gasteiger charge is 2.58. The first-order valence-corrected chi connectivity index (χ1v) is 10.3. The van der Waals surface area contributed by atoms with Gasteiger partial charge in [0.25, 0.3) is 0 Å². The van der Waals surface area contributed by atoms with E-state index in [2.05, 4.69) is 32.1 Å². The van der Waals surface area contributed by atoms with E-state index in [0.29, 0.717) is 23.5 Å². The van der Waals surface area contributed by atoms with Crippen molar-refractivity contribution in [2.24, 2.45) is 40.4 Å². The number of allylic oxidation sites excluding steroid dienone is 3. The molecule has 5 unspecified atom stereocenters. The molecule has 0 aromatic heterocycles. The lowest BCUT2D eigenvalue weighted by molar-refractivity contribution is -0.144. The van der Waals surface area contributed by atoms with Gasteiger partial charge in [0, 0.05) is 5.92 Å². The molecule has 4 rings (SSSR count). The van der Waals surface area contributed by atoms with Crippen molar-refractivity contribution in [3.63, 3.8) is 0 Å². The lowest BCUT2D eigenvalue weighted by Crippen LogP contribution is -2.49. The van der Waals surface area contributed by atoms with Crippen LogP contribution in [0.25, 0.3) is 0 Å². The number of carbonyl (C=O) groups excluding carboxylic acids is 2. The van der Waals surface area contributed by atoms with Crippen molar-refractivity contribution < 1.29 is 14.3 Å². The Labute approximate surface area is 157 Å². The molecule has 3 heteroatoms. The van der Waals surface area contributed by atoms with Gasteiger partial charge in [0.15, 0.2) is 0 Å². The number of hydrogen-bond donors (Lipinski definition) is 0. The standard InChI is InChI=1S/C23H32O3/c1-14(24)18-7-8-19-17-6-5-16-13-15(21(25)26-4)9-11-22(16,2)20(17)10-12-23(18,19)3/h5-6,13,15,17-20H,7-12H2,1-4H3/t15?,17?,18?,19?,20?,22-,23+/m0/s1. The zero-order valence-corrected chi connectivity index (χ0v) is 16.6. The maximum atomic E-state index is 12.2. The van der Waals surface area contributed by atoms with Crippen molar-refractivity contribution in [1.29, 1.82) is 0 Å². The summed E-state index contributed by atoms with van der Waals surface area (Å²) in [5.74, 6) is 2.29. The maximum Gasteiger partial charge on any atom is 0.312 e. The number of methoxy groups -OCH3 is 1. The Morgan fingerprint density at radius 1 is 1.08 bits per heavy atom. The van der Waals surface area contributed by atoms with E-state index in [1.165, 1.54) is 31.9 Å². The Morgan fingerprint density at radius 2 is 1.85 bits per heavy atom. The molecule has 0 amide bonds. The minimum absolute atomic E-state index is 0.0910. The van der Waals surface area contributed by atoms with Crippen molar-refractivity contribution in [3.05, 3.63) is 23.8 Å². The third kappa shape index (κ3) is 2.38. The van der Waals surface area contributed by atoms with Gasteiger partial charge in [-0.05, 0) is 79.6 Å². The van der Waals surface area contributed by atoms with E-state index in [-0.39, 0.29) is 28.6 Å². The molecule has 26 heavy (non-hydrogen) atoms. The zero-order valence-electron chi connectivity index (χ0n) is 16.6. The normalized spacial score (nSPS) is 46.6. The first-order valence-electron chi connectivity index (χ1n) is 10.3. The minimum Gasteiger partial charge on any atom is -0.469 e. The summed E-state index contributed by atoms with van der Waals surface area (Å²) in [4.78, 5) is 24.2. The van der Waals surface area contributed by atoms with Crippen molar-refractivity contribution in [3.8, 4) is 0 Å². The second-order valence-corrected chi connectivity index (χ2v) is 9.64. The van der Waals surface area contributed by atoms with E-state index in [9.17, 15) is 9.59 Å². The van der Waals surface area contributed by atoms with Gasteiger partial charge < -0.3 is 4.74 Å². The molecule has 2 fully saturated rings. The van der Waals surface area contributed by atoms with Crippen LogP contribution >= 0.6 is 0 Å². The summed E-state index contributed by atoms with van der Waals surface area (Å²) in [7, 11) is 1.48. The van der Waals surface area contributed by atoms with Crippen molar-refractivity contribution in [2.45, 2.75) is 59.3 Å². The molecule has 7 atom stereocenters. The van der Waals surface area contributed by atoms with Crippen LogP contribution < -0.4 is 0 Å². The van der Waals surface area contributed by atoms with Gasteiger partial charge in [0.05, 0.1) is 13.0 Å². The van der Waals surface area contributed by atoms with Crippen LogP contribution in [0.5, 0.6) is 0 Å². The molecule has 0 radical (unpaired) electrons. The van der Waals surface area contributed by atoms with Gasteiger partial charge in [-0.15, -0.1) is 0 Å². The van der Waals surface area contributed by atoms with Crippen LogP contribution in [0.4, 0.5) is 0 Å². The topological polar surface area (TPSA) is 43.4 Å². The van der Waals surface area contributed by atoms with Crippen LogP contribution in [0.1, 0.15) is 59.3 Å². The third-order valence-corrected chi connectivity index (χ3v) is 8.66. The highest BCUT2D eigenvalue weighted by atomic mass is 16.5. The van der Waals surface area contributed by atoms with E-state index in [0.717, 1.165) is 19.3 Å².